The summed E-state index contributed by atoms with van der Waals surface area (Å²) in [7, 11) is -3.89. The van der Waals surface area contributed by atoms with E-state index in [0.717, 1.165) is 6.42 Å². The van der Waals surface area contributed by atoms with Crippen LogP contribution in [0.5, 0.6) is 5.75 Å². The zero-order chi connectivity index (χ0) is 22.1. The quantitative estimate of drug-likeness (QED) is 0.676. The molecule has 1 aliphatic heterocycles. The van der Waals surface area contributed by atoms with Crippen molar-refractivity contribution < 1.29 is 17.9 Å². The molecule has 2 aromatic rings. The van der Waals surface area contributed by atoms with Gasteiger partial charge in [0.1, 0.15) is 17.3 Å². The zero-order valence-electron chi connectivity index (χ0n) is 17.6. The Balaban J connectivity index is 1.99. The largest absolute Gasteiger partial charge is 0.490 e. The average molecular weight is 451 g/mol. The first-order chi connectivity index (χ1) is 14.0. The van der Waals surface area contributed by atoms with Gasteiger partial charge in [0.25, 0.3) is 10.0 Å². The summed E-state index contributed by atoms with van der Waals surface area (Å²) in [6.07, 6.45) is 0.816. The van der Waals surface area contributed by atoms with Crippen molar-refractivity contribution in [2.45, 2.75) is 39.0 Å². The molecular weight excluding hydrogens is 424 g/mol. The molecule has 0 aromatic heterocycles. The Bertz CT molecular complexity index is 1050. The predicted octanol–water partition coefficient (Wildman–Crippen LogP) is 4.94. The number of sulfonamides is 1. The van der Waals surface area contributed by atoms with Gasteiger partial charge in [-0.15, -0.1) is 0 Å². The second kappa shape index (κ2) is 8.47. The third kappa shape index (κ3) is 4.73. The van der Waals surface area contributed by atoms with Crippen LogP contribution in [0.15, 0.2) is 47.4 Å². The summed E-state index contributed by atoms with van der Waals surface area (Å²) < 4.78 is 34.1. The maximum absolute atomic E-state index is 13.2. The van der Waals surface area contributed by atoms with Crippen molar-refractivity contribution in [2.75, 3.05) is 22.8 Å². The van der Waals surface area contributed by atoms with E-state index in [1.165, 1.54) is 12.1 Å². The van der Waals surface area contributed by atoms with Crippen LogP contribution in [0.1, 0.15) is 34.1 Å². The van der Waals surface area contributed by atoms with Crippen molar-refractivity contribution in [2.24, 2.45) is 11.3 Å². The Labute approximate surface area is 183 Å². The van der Waals surface area contributed by atoms with Gasteiger partial charge in [-0.2, -0.15) is 0 Å². The smallest absolute Gasteiger partial charge is 0.263 e. The fourth-order valence-corrected chi connectivity index (χ4v) is 4.76. The van der Waals surface area contributed by atoms with E-state index in [4.69, 9.17) is 16.3 Å². The van der Waals surface area contributed by atoms with Crippen molar-refractivity contribution in [1.29, 1.82) is 0 Å². The summed E-state index contributed by atoms with van der Waals surface area (Å²) in [6.45, 7) is 8.67. The van der Waals surface area contributed by atoms with E-state index in [1.807, 2.05) is 13.8 Å². The van der Waals surface area contributed by atoms with E-state index in [0.29, 0.717) is 29.6 Å². The van der Waals surface area contributed by atoms with Gasteiger partial charge in [-0.1, -0.05) is 37.6 Å². The molecule has 0 spiro atoms. The second-order valence-electron chi connectivity index (χ2n) is 8.53. The van der Waals surface area contributed by atoms with Crippen LogP contribution in [0.4, 0.5) is 11.4 Å². The number of hydrogen-bond donors (Lipinski definition) is 1. The number of fused-ring (bicyclic) bond motifs is 1. The Morgan fingerprint density at radius 2 is 1.90 bits per heavy atom. The third-order valence-electron chi connectivity index (χ3n) is 4.97. The van der Waals surface area contributed by atoms with E-state index in [2.05, 4.69) is 18.6 Å². The Hall–Kier alpha value is -2.25. The van der Waals surface area contributed by atoms with Gasteiger partial charge in [-0.05, 0) is 56.5 Å². The minimum absolute atomic E-state index is 0.00765. The number of nitrogens with one attached hydrogen (secondary N) is 1. The van der Waals surface area contributed by atoms with Gasteiger partial charge in [0.15, 0.2) is 0 Å². The van der Waals surface area contributed by atoms with Crippen LogP contribution >= 0.6 is 11.6 Å². The first-order valence-corrected chi connectivity index (χ1v) is 11.7. The minimum Gasteiger partial charge on any atom is -0.490 e. The van der Waals surface area contributed by atoms with Crippen LogP contribution in [-0.4, -0.2) is 27.5 Å². The van der Waals surface area contributed by atoms with Crippen LogP contribution in [0.3, 0.4) is 0 Å². The summed E-state index contributed by atoms with van der Waals surface area (Å²) in [5, 5.41) is 0.138. The molecule has 1 N–H and O–H groups in total. The highest BCUT2D eigenvalue weighted by Gasteiger charge is 2.37. The summed E-state index contributed by atoms with van der Waals surface area (Å²) in [6, 6.07) is 11.2. The molecule has 0 atom stereocenters. The predicted molar refractivity (Wildman–Crippen MR) is 120 cm³/mol. The number of halogens is 1. The number of amides is 1. The number of rotatable bonds is 6. The first kappa shape index (κ1) is 22.4. The van der Waals surface area contributed by atoms with E-state index in [9.17, 15) is 13.2 Å². The van der Waals surface area contributed by atoms with Crippen LogP contribution in [-0.2, 0) is 14.8 Å². The molecule has 0 aliphatic carbocycles. The molecule has 1 amide bonds. The topological polar surface area (TPSA) is 75.7 Å². The molecule has 1 heterocycles. The number of nitrogens with zero attached hydrogens (tertiary/aromatic N) is 1. The molecule has 162 valence electrons. The maximum Gasteiger partial charge on any atom is 0.263 e. The Morgan fingerprint density at radius 3 is 2.57 bits per heavy atom. The van der Waals surface area contributed by atoms with Gasteiger partial charge >= 0.3 is 0 Å². The van der Waals surface area contributed by atoms with E-state index in [1.54, 1.807) is 35.2 Å². The first-order valence-electron chi connectivity index (χ1n) is 9.87. The highest BCUT2D eigenvalue weighted by molar-refractivity contribution is 7.92. The SMILES string of the molecule is CC(C)CCN1C(=O)C(C)(C)COc2ccc(NS(=O)(=O)c3ccccc3Cl)cc21. The molecule has 8 heteroatoms. The summed E-state index contributed by atoms with van der Waals surface area (Å²) >= 11 is 6.06. The summed E-state index contributed by atoms with van der Waals surface area (Å²) in [5.74, 6) is 0.918. The number of benzene rings is 2. The summed E-state index contributed by atoms with van der Waals surface area (Å²) in [5.41, 5.74) is 0.206. The highest BCUT2D eigenvalue weighted by Crippen LogP contribution is 2.39. The van der Waals surface area contributed by atoms with Crippen LogP contribution < -0.4 is 14.4 Å². The molecule has 0 radical (unpaired) electrons. The lowest BCUT2D eigenvalue weighted by Gasteiger charge is -2.28. The monoisotopic (exact) mass is 450 g/mol. The van der Waals surface area contributed by atoms with Gasteiger partial charge in [0.2, 0.25) is 5.91 Å². The summed E-state index contributed by atoms with van der Waals surface area (Å²) in [4.78, 5) is 14.9. The number of hydrogen-bond acceptors (Lipinski definition) is 4. The van der Waals surface area contributed by atoms with Gasteiger partial charge in [-0.25, -0.2) is 8.42 Å². The number of ether oxygens (including phenoxy) is 1. The molecule has 2 aromatic carbocycles. The number of carbonyl (C=O) groups excluding carboxylic acids is 1. The molecule has 0 saturated heterocycles. The molecule has 0 fully saturated rings. The second-order valence-corrected chi connectivity index (χ2v) is 10.6. The van der Waals surface area contributed by atoms with Crippen LogP contribution in [0.25, 0.3) is 0 Å². The van der Waals surface area contributed by atoms with Crippen molar-refractivity contribution in [3.8, 4) is 5.75 Å². The van der Waals surface area contributed by atoms with Crippen LogP contribution in [0, 0.1) is 11.3 Å². The molecular formula is C22H27ClN2O4S. The highest BCUT2D eigenvalue weighted by atomic mass is 35.5. The average Bonchev–Trinajstić information content (AvgIpc) is 2.75. The van der Waals surface area contributed by atoms with Gasteiger partial charge in [0.05, 0.1) is 21.8 Å². The normalized spacial score (nSPS) is 16.1. The van der Waals surface area contributed by atoms with E-state index >= 15 is 0 Å². The fourth-order valence-electron chi connectivity index (χ4n) is 3.19. The van der Waals surface area contributed by atoms with Gasteiger partial charge in [-0.3, -0.25) is 9.52 Å². The van der Waals surface area contributed by atoms with Gasteiger partial charge < -0.3 is 9.64 Å². The number of anilines is 2. The Morgan fingerprint density at radius 1 is 1.20 bits per heavy atom. The van der Waals surface area contributed by atoms with E-state index in [-0.39, 0.29) is 22.4 Å². The lowest BCUT2D eigenvalue weighted by molar-refractivity contribution is -0.127. The van der Waals surface area contributed by atoms with Crippen molar-refractivity contribution in [3.05, 3.63) is 47.5 Å². The van der Waals surface area contributed by atoms with Gasteiger partial charge in [0, 0.05) is 6.54 Å². The minimum atomic E-state index is -3.89. The fraction of sp³-hybridized carbons (Fsp3) is 0.409. The lowest BCUT2D eigenvalue weighted by Crippen LogP contribution is -2.42. The van der Waals surface area contributed by atoms with E-state index < -0.39 is 15.4 Å². The maximum atomic E-state index is 13.2. The van der Waals surface area contributed by atoms with Crippen LogP contribution in [0.2, 0.25) is 5.02 Å². The van der Waals surface area contributed by atoms with Crippen molar-refractivity contribution in [3.63, 3.8) is 0 Å². The third-order valence-corrected chi connectivity index (χ3v) is 6.85. The Kier molecular flexibility index (Phi) is 6.34. The molecule has 0 saturated carbocycles. The lowest BCUT2D eigenvalue weighted by atomic mass is 9.92. The number of carbonyl (C=O) groups is 1. The molecule has 0 bridgehead atoms. The van der Waals surface area contributed by atoms with Crippen molar-refractivity contribution in [1.82, 2.24) is 0 Å². The molecule has 3 rings (SSSR count). The molecule has 6 nitrogen and oxygen atoms in total. The molecule has 0 unspecified atom stereocenters. The zero-order valence-corrected chi connectivity index (χ0v) is 19.2. The van der Waals surface area contributed by atoms with Crippen molar-refractivity contribution >= 4 is 38.9 Å². The molecule has 1 aliphatic rings. The molecule has 30 heavy (non-hydrogen) atoms. The standard InChI is InChI=1S/C22H27ClN2O4S/c1-15(2)11-12-25-18-13-16(9-10-19(18)29-14-22(3,4)21(25)26)24-30(27,28)20-8-6-5-7-17(20)23/h5-10,13,15,24H,11-12,14H2,1-4H3.